The van der Waals surface area contributed by atoms with Crippen LogP contribution < -0.4 is 16.0 Å². The standard InChI is InChI=1S/C14H19N3O2/c15-10-1-4-13(17-5-7-19-8-6-17)12(9-10)14(18)16-11-2-3-11/h1,4,9,11H,2-3,5-8,15H2,(H,16,18). The number of carbonyl (C=O) groups is 1. The van der Waals surface area contributed by atoms with E-state index >= 15 is 0 Å². The molecule has 0 spiro atoms. The summed E-state index contributed by atoms with van der Waals surface area (Å²) in [7, 11) is 0. The first kappa shape index (κ1) is 12.3. The Labute approximate surface area is 112 Å². The summed E-state index contributed by atoms with van der Waals surface area (Å²) in [4.78, 5) is 14.5. The van der Waals surface area contributed by atoms with Crippen molar-refractivity contribution in [3.8, 4) is 0 Å². The highest BCUT2D eigenvalue weighted by Gasteiger charge is 2.26. The average molecular weight is 261 g/mol. The van der Waals surface area contributed by atoms with Gasteiger partial charge in [0.2, 0.25) is 0 Å². The number of benzene rings is 1. The van der Waals surface area contributed by atoms with Crippen molar-refractivity contribution in [1.82, 2.24) is 5.32 Å². The van der Waals surface area contributed by atoms with E-state index in [0.717, 1.165) is 31.6 Å². The van der Waals surface area contributed by atoms with Crippen LogP contribution in [0.4, 0.5) is 11.4 Å². The van der Waals surface area contributed by atoms with E-state index in [4.69, 9.17) is 10.5 Å². The third-order valence-corrected chi connectivity index (χ3v) is 3.53. The maximum Gasteiger partial charge on any atom is 0.253 e. The fraction of sp³-hybridized carbons (Fsp3) is 0.500. The first-order valence-electron chi connectivity index (χ1n) is 6.77. The van der Waals surface area contributed by atoms with Crippen LogP contribution in [0.25, 0.3) is 0 Å². The largest absolute Gasteiger partial charge is 0.399 e. The van der Waals surface area contributed by atoms with E-state index in [-0.39, 0.29) is 5.91 Å². The van der Waals surface area contributed by atoms with Crippen molar-refractivity contribution in [2.45, 2.75) is 18.9 Å². The summed E-state index contributed by atoms with van der Waals surface area (Å²) < 4.78 is 5.35. The molecule has 3 rings (SSSR count). The molecule has 1 saturated carbocycles. The molecule has 1 aromatic rings. The molecule has 0 bridgehead atoms. The summed E-state index contributed by atoms with van der Waals surface area (Å²) in [6.45, 7) is 3.03. The first-order valence-corrected chi connectivity index (χ1v) is 6.77. The Hall–Kier alpha value is -1.75. The fourth-order valence-electron chi connectivity index (χ4n) is 2.31. The molecule has 5 nitrogen and oxygen atoms in total. The lowest BCUT2D eigenvalue weighted by atomic mass is 10.1. The number of nitrogens with two attached hydrogens (primary N) is 1. The van der Waals surface area contributed by atoms with Crippen LogP contribution in [0, 0.1) is 0 Å². The van der Waals surface area contributed by atoms with E-state index in [0.29, 0.717) is 30.5 Å². The van der Waals surface area contributed by atoms with Crippen LogP contribution in [-0.4, -0.2) is 38.3 Å². The number of anilines is 2. The van der Waals surface area contributed by atoms with E-state index in [9.17, 15) is 4.79 Å². The van der Waals surface area contributed by atoms with Crippen LogP contribution in [0.1, 0.15) is 23.2 Å². The van der Waals surface area contributed by atoms with Crippen molar-refractivity contribution in [2.24, 2.45) is 0 Å². The lowest BCUT2D eigenvalue weighted by molar-refractivity contribution is 0.0949. The number of nitrogens with zero attached hydrogens (tertiary/aromatic N) is 1. The second-order valence-electron chi connectivity index (χ2n) is 5.12. The zero-order chi connectivity index (χ0) is 13.2. The van der Waals surface area contributed by atoms with Crippen molar-refractivity contribution in [1.29, 1.82) is 0 Å². The number of rotatable bonds is 3. The third kappa shape index (κ3) is 2.81. The molecular formula is C14H19N3O2. The molecule has 5 heteroatoms. The smallest absolute Gasteiger partial charge is 0.253 e. The molecule has 1 aliphatic heterocycles. The van der Waals surface area contributed by atoms with Crippen LogP contribution >= 0.6 is 0 Å². The van der Waals surface area contributed by atoms with E-state index < -0.39 is 0 Å². The van der Waals surface area contributed by atoms with E-state index in [1.165, 1.54) is 0 Å². The van der Waals surface area contributed by atoms with Gasteiger partial charge < -0.3 is 20.7 Å². The van der Waals surface area contributed by atoms with Crippen LogP contribution in [0.15, 0.2) is 18.2 Å². The van der Waals surface area contributed by atoms with Gasteiger partial charge in [-0.25, -0.2) is 0 Å². The van der Waals surface area contributed by atoms with Gasteiger partial charge in [0.1, 0.15) is 0 Å². The number of morpholine rings is 1. The molecule has 2 aliphatic rings. The highest BCUT2D eigenvalue weighted by molar-refractivity contribution is 6.01. The molecule has 0 aromatic heterocycles. The minimum atomic E-state index is -0.0173. The van der Waals surface area contributed by atoms with Gasteiger partial charge in [-0.1, -0.05) is 0 Å². The van der Waals surface area contributed by atoms with Gasteiger partial charge in [-0.2, -0.15) is 0 Å². The summed E-state index contributed by atoms with van der Waals surface area (Å²) in [5.41, 5.74) is 8.07. The van der Waals surface area contributed by atoms with Gasteiger partial charge in [0.15, 0.2) is 0 Å². The Bertz CT molecular complexity index is 480. The van der Waals surface area contributed by atoms with Crippen molar-refractivity contribution in [2.75, 3.05) is 36.9 Å². The molecule has 3 N–H and O–H groups in total. The molecule has 1 heterocycles. The summed E-state index contributed by atoms with van der Waals surface area (Å²) >= 11 is 0. The minimum absolute atomic E-state index is 0.0173. The lowest BCUT2D eigenvalue weighted by Crippen LogP contribution is -2.38. The van der Waals surface area contributed by atoms with E-state index in [1.54, 1.807) is 6.07 Å². The summed E-state index contributed by atoms with van der Waals surface area (Å²) in [6.07, 6.45) is 2.17. The number of nitrogens with one attached hydrogen (secondary N) is 1. The summed E-state index contributed by atoms with van der Waals surface area (Å²) in [5, 5.41) is 3.02. The van der Waals surface area contributed by atoms with Crippen LogP contribution in [0.3, 0.4) is 0 Å². The molecule has 0 atom stereocenters. The van der Waals surface area contributed by atoms with Crippen LogP contribution in [-0.2, 0) is 4.74 Å². The van der Waals surface area contributed by atoms with Gasteiger partial charge in [-0.3, -0.25) is 4.79 Å². The average Bonchev–Trinajstić information content (AvgIpc) is 3.23. The number of hydrogen-bond donors (Lipinski definition) is 2. The molecule has 2 fully saturated rings. The van der Waals surface area contributed by atoms with Gasteiger partial charge in [-0.15, -0.1) is 0 Å². The number of hydrogen-bond acceptors (Lipinski definition) is 4. The topological polar surface area (TPSA) is 67.6 Å². The molecule has 0 radical (unpaired) electrons. The number of amides is 1. The van der Waals surface area contributed by atoms with Gasteiger partial charge in [0.05, 0.1) is 18.8 Å². The fourth-order valence-corrected chi connectivity index (χ4v) is 2.31. The Balaban J connectivity index is 1.86. The van der Waals surface area contributed by atoms with E-state index in [1.807, 2.05) is 12.1 Å². The van der Waals surface area contributed by atoms with Crippen LogP contribution in [0.5, 0.6) is 0 Å². The third-order valence-electron chi connectivity index (χ3n) is 3.53. The van der Waals surface area contributed by atoms with Gasteiger partial charge in [-0.05, 0) is 31.0 Å². The molecular weight excluding hydrogens is 242 g/mol. The van der Waals surface area contributed by atoms with Gasteiger partial charge >= 0.3 is 0 Å². The maximum atomic E-state index is 12.3. The Morgan fingerprint density at radius 2 is 2.05 bits per heavy atom. The molecule has 1 amide bonds. The monoisotopic (exact) mass is 261 g/mol. The number of nitrogen functional groups attached to an aromatic ring is 1. The first-order chi connectivity index (χ1) is 9.24. The molecule has 0 unspecified atom stereocenters. The molecule has 1 saturated heterocycles. The summed E-state index contributed by atoms with van der Waals surface area (Å²) in [5.74, 6) is -0.0173. The summed E-state index contributed by atoms with van der Waals surface area (Å²) in [6, 6.07) is 5.90. The van der Waals surface area contributed by atoms with Crippen molar-refractivity contribution >= 4 is 17.3 Å². The second kappa shape index (κ2) is 5.09. The normalized spacial score (nSPS) is 19.3. The van der Waals surface area contributed by atoms with Crippen LogP contribution in [0.2, 0.25) is 0 Å². The second-order valence-corrected chi connectivity index (χ2v) is 5.12. The molecule has 1 aliphatic carbocycles. The van der Waals surface area contributed by atoms with E-state index in [2.05, 4.69) is 10.2 Å². The Morgan fingerprint density at radius 1 is 1.32 bits per heavy atom. The lowest BCUT2D eigenvalue weighted by Gasteiger charge is -2.30. The predicted molar refractivity (Wildman–Crippen MR) is 74.4 cm³/mol. The Morgan fingerprint density at radius 3 is 2.74 bits per heavy atom. The van der Waals surface area contributed by atoms with Crippen molar-refractivity contribution in [3.05, 3.63) is 23.8 Å². The maximum absolute atomic E-state index is 12.3. The van der Waals surface area contributed by atoms with Crippen molar-refractivity contribution < 1.29 is 9.53 Å². The number of ether oxygens (including phenoxy) is 1. The quantitative estimate of drug-likeness (QED) is 0.796. The zero-order valence-electron chi connectivity index (χ0n) is 10.9. The highest BCUT2D eigenvalue weighted by Crippen LogP contribution is 2.26. The highest BCUT2D eigenvalue weighted by atomic mass is 16.5. The SMILES string of the molecule is Nc1ccc(N2CCOCC2)c(C(=O)NC2CC2)c1. The molecule has 19 heavy (non-hydrogen) atoms. The predicted octanol–water partition coefficient (Wildman–Crippen LogP) is 0.998. The Kier molecular flexibility index (Phi) is 3.29. The van der Waals surface area contributed by atoms with Gasteiger partial charge in [0.25, 0.3) is 5.91 Å². The number of carbonyl (C=O) groups excluding carboxylic acids is 1. The minimum Gasteiger partial charge on any atom is -0.399 e. The van der Waals surface area contributed by atoms with Gasteiger partial charge in [0, 0.05) is 30.5 Å². The zero-order valence-corrected chi connectivity index (χ0v) is 10.9. The molecule has 102 valence electrons. The van der Waals surface area contributed by atoms with Crippen molar-refractivity contribution in [3.63, 3.8) is 0 Å². The molecule has 1 aromatic carbocycles.